The summed E-state index contributed by atoms with van der Waals surface area (Å²) in [7, 11) is 1.76. The predicted molar refractivity (Wildman–Crippen MR) is 76.4 cm³/mol. The number of hydrogen-bond donors (Lipinski definition) is 2. The van der Waals surface area contributed by atoms with Crippen LogP contribution in [-0.2, 0) is 4.79 Å². The number of hydrogen-bond acceptors (Lipinski definition) is 2. The van der Waals surface area contributed by atoms with Gasteiger partial charge in [0.2, 0.25) is 0 Å². The van der Waals surface area contributed by atoms with Crippen LogP contribution in [0.5, 0.6) is 0 Å². The molecular formula is C15H26N2O3. The van der Waals surface area contributed by atoms with Gasteiger partial charge in [-0.3, -0.25) is 0 Å². The highest BCUT2D eigenvalue weighted by molar-refractivity contribution is 5.82. The van der Waals surface area contributed by atoms with Gasteiger partial charge in [0.25, 0.3) is 0 Å². The van der Waals surface area contributed by atoms with Gasteiger partial charge < -0.3 is 15.3 Å². The van der Waals surface area contributed by atoms with Gasteiger partial charge in [-0.2, -0.15) is 0 Å². The number of nitrogens with one attached hydrogen (secondary N) is 1. The molecule has 2 fully saturated rings. The standard InChI is InChI=1S/C15H26N2O3/c1-9(2)13(14(18)19)16-15(20)17(3)8-12-7-10-4-5-11(12)6-10/h9-13H,4-8H2,1-3H3,(H,16,20)(H,18,19)/t10?,11?,12?,13-/m1/s1. The molecule has 2 aliphatic carbocycles. The molecule has 3 unspecified atom stereocenters. The second kappa shape index (κ2) is 6.02. The van der Waals surface area contributed by atoms with Crippen LogP contribution in [0.2, 0.25) is 0 Å². The second-order valence-electron chi connectivity index (χ2n) is 6.82. The van der Waals surface area contributed by atoms with Crippen LogP contribution >= 0.6 is 0 Å². The minimum absolute atomic E-state index is 0.118. The van der Waals surface area contributed by atoms with Crippen LogP contribution in [-0.4, -0.2) is 41.6 Å². The topological polar surface area (TPSA) is 69.6 Å². The number of carboxylic acid groups (broad SMARTS) is 1. The number of carboxylic acids is 1. The van der Waals surface area contributed by atoms with Gasteiger partial charge in [-0.15, -0.1) is 0 Å². The summed E-state index contributed by atoms with van der Waals surface area (Å²) in [5, 5.41) is 11.7. The fourth-order valence-electron chi connectivity index (χ4n) is 3.79. The number of rotatable bonds is 5. The third-order valence-electron chi connectivity index (χ3n) is 4.95. The van der Waals surface area contributed by atoms with Crippen molar-refractivity contribution in [1.29, 1.82) is 0 Å². The minimum Gasteiger partial charge on any atom is -0.480 e. The van der Waals surface area contributed by atoms with Gasteiger partial charge in [-0.25, -0.2) is 9.59 Å². The van der Waals surface area contributed by atoms with E-state index in [9.17, 15) is 9.59 Å². The first kappa shape index (κ1) is 15.1. The highest BCUT2D eigenvalue weighted by Crippen LogP contribution is 2.48. The number of amides is 2. The maximum atomic E-state index is 12.1. The van der Waals surface area contributed by atoms with Crippen LogP contribution in [0.15, 0.2) is 0 Å². The van der Waals surface area contributed by atoms with Crippen LogP contribution in [0.25, 0.3) is 0 Å². The van der Waals surface area contributed by atoms with Crippen molar-refractivity contribution in [2.75, 3.05) is 13.6 Å². The fraction of sp³-hybridized carbons (Fsp3) is 0.867. The van der Waals surface area contributed by atoms with Crippen molar-refractivity contribution >= 4 is 12.0 Å². The molecule has 2 amide bonds. The van der Waals surface area contributed by atoms with Crippen molar-refractivity contribution in [3.8, 4) is 0 Å². The Bertz CT molecular complexity index is 383. The number of carbonyl (C=O) groups excluding carboxylic acids is 1. The summed E-state index contributed by atoms with van der Waals surface area (Å²) in [5.74, 6) is 1.15. The molecule has 0 heterocycles. The SMILES string of the molecule is CC(C)[C@@H](NC(=O)N(C)CC1CC2CCC1C2)C(=O)O. The second-order valence-corrected chi connectivity index (χ2v) is 6.82. The molecule has 5 nitrogen and oxygen atoms in total. The minimum atomic E-state index is -0.971. The Morgan fingerprint density at radius 2 is 2.00 bits per heavy atom. The first-order chi connectivity index (χ1) is 9.38. The van der Waals surface area contributed by atoms with Gasteiger partial charge in [-0.05, 0) is 42.9 Å². The molecule has 5 heteroatoms. The van der Waals surface area contributed by atoms with E-state index in [0.717, 1.165) is 18.4 Å². The smallest absolute Gasteiger partial charge is 0.326 e. The average Bonchev–Trinajstić information content (AvgIpc) is 2.96. The highest BCUT2D eigenvalue weighted by atomic mass is 16.4. The lowest BCUT2D eigenvalue weighted by Gasteiger charge is -2.29. The Morgan fingerprint density at radius 3 is 2.45 bits per heavy atom. The molecule has 2 saturated carbocycles. The lowest BCUT2D eigenvalue weighted by atomic mass is 9.88. The monoisotopic (exact) mass is 282 g/mol. The van der Waals surface area contributed by atoms with E-state index in [-0.39, 0.29) is 11.9 Å². The molecule has 4 atom stereocenters. The molecule has 0 aliphatic heterocycles. The molecule has 114 valence electrons. The van der Waals surface area contributed by atoms with E-state index < -0.39 is 12.0 Å². The summed E-state index contributed by atoms with van der Waals surface area (Å²) in [6.45, 7) is 4.35. The summed E-state index contributed by atoms with van der Waals surface area (Å²) in [5.41, 5.74) is 0. The third kappa shape index (κ3) is 3.25. The molecule has 20 heavy (non-hydrogen) atoms. The summed E-state index contributed by atoms with van der Waals surface area (Å²) < 4.78 is 0. The van der Waals surface area contributed by atoms with E-state index in [1.54, 1.807) is 25.8 Å². The lowest BCUT2D eigenvalue weighted by molar-refractivity contribution is -0.140. The lowest BCUT2D eigenvalue weighted by Crippen LogP contribution is -2.50. The van der Waals surface area contributed by atoms with Crippen molar-refractivity contribution in [2.24, 2.45) is 23.7 Å². The molecule has 0 radical (unpaired) electrons. The van der Waals surface area contributed by atoms with Crippen molar-refractivity contribution in [3.63, 3.8) is 0 Å². The molecule has 2 rings (SSSR count). The highest BCUT2D eigenvalue weighted by Gasteiger charge is 2.40. The molecule has 0 aromatic rings. The number of carbonyl (C=O) groups is 2. The zero-order valence-corrected chi connectivity index (χ0v) is 12.6. The molecule has 0 saturated heterocycles. The number of nitrogens with zero attached hydrogens (tertiary/aromatic N) is 1. The van der Waals surface area contributed by atoms with E-state index in [2.05, 4.69) is 5.32 Å². The van der Waals surface area contributed by atoms with Gasteiger partial charge in [0, 0.05) is 13.6 Å². The maximum Gasteiger partial charge on any atom is 0.326 e. The zero-order valence-electron chi connectivity index (χ0n) is 12.6. The van der Waals surface area contributed by atoms with E-state index in [4.69, 9.17) is 5.11 Å². The third-order valence-corrected chi connectivity index (χ3v) is 4.95. The summed E-state index contributed by atoms with van der Waals surface area (Å²) in [6, 6.07) is -1.08. The van der Waals surface area contributed by atoms with E-state index in [0.29, 0.717) is 5.92 Å². The van der Waals surface area contributed by atoms with Crippen LogP contribution in [0.1, 0.15) is 39.5 Å². The average molecular weight is 282 g/mol. The number of urea groups is 1. The van der Waals surface area contributed by atoms with Crippen molar-refractivity contribution in [1.82, 2.24) is 10.2 Å². The fourth-order valence-corrected chi connectivity index (χ4v) is 3.79. The summed E-state index contributed by atoms with van der Waals surface area (Å²) >= 11 is 0. The first-order valence-corrected chi connectivity index (χ1v) is 7.63. The Hall–Kier alpha value is -1.26. The van der Waals surface area contributed by atoms with E-state index >= 15 is 0 Å². The molecule has 2 aliphatic rings. The van der Waals surface area contributed by atoms with Crippen molar-refractivity contribution < 1.29 is 14.7 Å². The van der Waals surface area contributed by atoms with E-state index in [1.807, 2.05) is 0 Å². The Morgan fingerprint density at radius 1 is 1.30 bits per heavy atom. The normalized spacial score (nSPS) is 29.5. The quantitative estimate of drug-likeness (QED) is 0.812. The van der Waals surface area contributed by atoms with Crippen LogP contribution in [0.3, 0.4) is 0 Å². The Kier molecular flexibility index (Phi) is 4.55. The van der Waals surface area contributed by atoms with Crippen LogP contribution < -0.4 is 5.32 Å². The van der Waals surface area contributed by atoms with Gasteiger partial charge in [-0.1, -0.05) is 20.3 Å². The molecule has 0 spiro atoms. The van der Waals surface area contributed by atoms with Gasteiger partial charge in [0.15, 0.2) is 0 Å². The molecule has 2 bridgehead atoms. The first-order valence-electron chi connectivity index (χ1n) is 7.63. The van der Waals surface area contributed by atoms with Crippen LogP contribution in [0.4, 0.5) is 4.79 Å². The van der Waals surface area contributed by atoms with Crippen molar-refractivity contribution in [3.05, 3.63) is 0 Å². The Balaban J connectivity index is 1.84. The molecule has 2 N–H and O–H groups in total. The van der Waals surface area contributed by atoms with Crippen LogP contribution in [0, 0.1) is 23.7 Å². The Labute approximate surface area is 120 Å². The van der Waals surface area contributed by atoms with Gasteiger partial charge in [0.1, 0.15) is 6.04 Å². The molecular weight excluding hydrogens is 256 g/mol. The number of fused-ring (bicyclic) bond motifs is 2. The van der Waals surface area contributed by atoms with Gasteiger partial charge in [0.05, 0.1) is 0 Å². The summed E-state index contributed by atoms with van der Waals surface area (Å²) in [6.07, 6.45) is 5.21. The summed E-state index contributed by atoms with van der Waals surface area (Å²) in [4.78, 5) is 24.9. The number of aliphatic carboxylic acids is 1. The molecule has 0 aromatic carbocycles. The van der Waals surface area contributed by atoms with Gasteiger partial charge >= 0.3 is 12.0 Å². The largest absolute Gasteiger partial charge is 0.480 e. The predicted octanol–water partition coefficient (Wildman–Crippen LogP) is 2.17. The zero-order chi connectivity index (χ0) is 14.9. The maximum absolute atomic E-state index is 12.1. The van der Waals surface area contributed by atoms with Crippen molar-refractivity contribution in [2.45, 2.75) is 45.6 Å². The van der Waals surface area contributed by atoms with E-state index in [1.165, 1.54) is 25.7 Å². The molecule has 0 aromatic heterocycles.